The van der Waals surface area contributed by atoms with Crippen LogP contribution < -0.4 is 19.9 Å². The third-order valence-corrected chi connectivity index (χ3v) is 4.51. The molecule has 1 N–H and O–H groups in total. The van der Waals surface area contributed by atoms with Crippen molar-refractivity contribution in [3.05, 3.63) is 58.6 Å². The van der Waals surface area contributed by atoms with Gasteiger partial charge in [-0.2, -0.15) is 0 Å². The van der Waals surface area contributed by atoms with Gasteiger partial charge in [0.1, 0.15) is 11.3 Å². The van der Waals surface area contributed by atoms with Crippen molar-refractivity contribution < 1.29 is 19.1 Å². The average Bonchev–Trinajstić information content (AvgIpc) is 2.65. The summed E-state index contributed by atoms with van der Waals surface area (Å²) >= 11 is 6.10. The fraction of sp³-hybridized carbons (Fsp3) is 0.150. The molecule has 1 fully saturated rings. The van der Waals surface area contributed by atoms with E-state index in [1.807, 2.05) is 31.1 Å². The number of hydrogen-bond donors (Lipinski definition) is 1. The number of methoxy groups -OCH3 is 1. The van der Waals surface area contributed by atoms with Crippen LogP contribution in [0.5, 0.6) is 5.75 Å². The molecule has 2 aromatic rings. The Morgan fingerprint density at radius 2 is 1.75 bits per heavy atom. The Balaban J connectivity index is 1.96. The zero-order valence-corrected chi connectivity index (χ0v) is 16.3. The molecule has 1 heterocycles. The molecule has 4 amide bonds. The molecule has 0 radical (unpaired) electrons. The molecule has 0 atom stereocenters. The van der Waals surface area contributed by atoms with Crippen molar-refractivity contribution in [2.24, 2.45) is 0 Å². The average molecular weight is 400 g/mol. The lowest BCUT2D eigenvalue weighted by Gasteiger charge is -2.26. The maximum Gasteiger partial charge on any atom is 0.335 e. The monoisotopic (exact) mass is 399 g/mol. The summed E-state index contributed by atoms with van der Waals surface area (Å²) in [6.07, 6.45) is 1.45. The predicted octanol–water partition coefficient (Wildman–Crippen LogP) is 3.08. The number of imide groups is 2. The van der Waals surface area contributed by atoms with Crippen molar-refractivity contribution in [3.63, 3.8) is 0 Å². The van der Waals surface area contributed by atoms with Crippen LogP contribution in [0.2, 0.25) is 5.02 Å². The van der Waals surface area contributed by atoms with E-state index in [0.29, 0.717) is 11.3 Å². The van der Waals surface area contributed by atoms with Crippen LogP contribution in [0.25, 0.3) is 6.08 Å². The number of hydrogen-bond acceptors (Lipinski definition) is 5. The van der Waals surface area contributed by atoms with Crippen LogP contribution in [0.4, 0.5) is 16.2 Å². The number of anilines is 2. The zero-order valence-electron chi connectivity index (χ0n) is 15.5. The molecule has 1 aliphatic heterocycles. The quantitative estimate of drug-likeness (QED) is 0.631. The van der Waals surface area contributed by atoms with E-state index in [1.165, 1.54) is 31.4 Å². The first kappa shape index (κ1) is 19.4. The SMILES string of the molecule is COc1ccc(N2C(=O)NC(=O)/C(=C\c3ccc(N(C)C)cc3)C2=O)cc1Cl. The second-order valence-electron chi connectivity index (χ2n) is 6.26. The van der Waals surface area contributed by atoms with Crippen LogP contribution in [0.3, 0.4) is 0 Å². The highest BCUT2D eigenvalue weighted by Crippen LogP contribution is 2.31. The highest BCUT2D eigenvalue weighted by molar-refractivity contribution is 6.39. The summed E-state index contributed by atoms with van der Waals surface area (Å²) in [6, 6.07) is 10.9. The summed E-state index contributed by atoms with van der Waals surface area (Å²) in [6.45, 7) is 0. The molecule has 0 saturated carbocycles. The van der Waals surface area contributed by atoms with Crippen molar-refractivity contribution in [2.75, 3.05) is 31.0 Å². The molecule has 0 unspecified atom stereocenters. The van der Waals surface area contributed by atoms with Crippen LogP contribution in [0.15, 0.2) is 48.0 Å². The number of amides is 4. The second kappa shape index (κ2) is 7.74. The smallest absolute Gasteiger partial charge is 0.335 e. The first-order valence-corrected chi connectivity index (χ1v) is 8.72. The van der Waals surface area contributed by atoms with E-state index >= 15 is 0 Å². The molecule has 28 heavy (non-hydrogen) atoms. The molecular weight excluding hydrogens is 382 g/mol. The summed E-state index contributed by atoms with van der Waals surface area (Å²) in [5.74, 6) is -1.07. The van der Waals surface area contributed by atoms with E-state index in [0.717, 1.165) is 10.6 Å². The standard InChI is InChI=1S/C20H18ClN3O4/c1-23(2)13-6-4-12(5-7-13)10-15-18(25)22-20(27)24(19(15)26)14-8-9-17(28-3)16(21)11-14/h4-11H,1-3H3,(H,22,25,27)/b15-10+. The Hall–Kier alpha value is -3.32. The normalized spacial score (nSPS) is 15.6. The van der Waals surface area contributed by atoms with Crippen molar-refractivity contribution in [3.8, 4) is 5.75 Å². The summed E-state index contributed by atoms with van der Waals surface area (Å²) < 4.78 is 5.08. The van der Waals surface area contributed by atoms with Gasteiger partial charge in [0.2, 0.25) is 0 Å². The topological polar surface area (TPSA) is 79.0 Å². The number of halogens is 1. The van der Waals surface area contributed by atoms with E-state index in [-0.39, 0.29) is 16.3 Å². The van der Waals surface area contributed by atoms with Gasteiger partial charge in [0.25, 0.3) is 11.8 Å². The van der Waals surface area contributed by atoms with Gasteiger partial charge in [-0.25, -0.2) is 9.69 Å². The summed E-state index contributed by atoms with van der Waals surface area (Å²) in [5.41, 5.74) is 1.72. The molecule has 1 aliphatic rings. The fourth-order valence-corrected chi connectivity index (χ4v) is 2.97. The highest BCUT2D eigenvalue weighted by Gasteiger charge is 2.37. The number of rotatable bonds is 4. The molecule has 0 bridgehead atoms. The minimum Gasteiger partial charge on any atom is -0.495 e. The number of barbiturate groups is 1. The lowest BCUT2D eigenvalue weighted by atomic mass is 10.1. The first-order chi connectivity index (χ1) is 13.3. The summed E-state index contributed by atoms with van der Waals surface area (Å²) in [5, 5.41) is 2.42. The molecule has 8 heteroatoms. The molecule has 2 aromatic carbocycles. The van der Waals surface area contributed by atoms with E-state index in [4.69, 9.17) is 16.3 Å². The summed E-state index contributed by atoms with van der Waals surface area (Å²) in [4.78, 5) is 40.2. The Bertz CT molecular complexity index is 983. The van der Waals surface area contributed by atoms with Crippen molar-refractivity contribution in [1.29, 1.82) is 0 Å². The van der Waals surface area contributed by atoms with Gasteiger partial charge in [-0.05, 0) is 42.0 Å². The van der Waals surface area contributed by atoms with Crippen LogP contribution >= 0.6 is 11.6 Å². The molecule has 0 spiro atoms. The maximum absolute atomic E-state index is 12.9. The Labute approximate surface area is 167 Å². The number of carbonyl (C=O) groups excluding carboxylic acids is 3. The lowest BCUT2D eigenvalue weighted by molar-refractivity contribution is -0.122. The molecule has 144 valence electrons. The molecule has 3 rings (SSSR count). The number of urea groups is 1. The third-order valence-electron chi connectivity index (χ3n) is 4.22. The fourth-order valence-electron chi connectivity index (χ4n) is 2.72. The van der Waals surface area contributed by atoms with E-state index < -0.39 is 17.8 Å². The van der Waals surface area contributed by atoms with E-state index in [1.54, 1.807) is 12.1 Å². The van der Waals surface area contributed by atoms with Gasteiger partial charge in [0.05, 0.1) is 17.8 Å². The Morgan fingerprint density at radius 1 is 1.07 bits per heavy atom. The number of nitrogens with zero attached hydrogens (tertiary/aromatic N) is 2. The largest absolute Gasteiger partial charge is 0.495 e. The van der Waals surface area contributed by atoms with Crippen molar-refractivity contribution in [2.45, 2.75) is 0 Å². The van der Waals surface area contributed by atoms with Crippen molar-refractivity contribution in [1.82, 2.24) is 5.32 Å². The van der Waals surface area contributed by atoms with Gasteiger partial charge in [-0.15, -0.1) is 0 Å². The maximum atomic E-state index is 12.9. The number of carbonyl (C=O) groups is 3. The van der Waals surface area contributed by atoms with E-state index in [2.05, 4.69) is 5.32 Å². The van der Waals surface area contributed by atoms with Crippen LogP contribution in [0.1, 0.15) is 5.56 Å². The lowest BCUT2D eigenvalue weighted by Crippen LogP contribution is -2.54. The van der Waals surface area contributed by atoms with Crippen molar-refractivity contribution >= 4 is 46.9 Å². The van der Waals surface area contributed by atoms with Crippen LogP contribution in [-0.2, 0) is 9.59 Å². The van der Waals surface area contributed by atoms with Gasteiger partial charge in [-0.3, -0.25) is 14.9 Å². The molecule has 1 saturated heterocycles. The Morgan fingerprint density at radius 3 is 2.32 bits per heavy atom. The zero-order chi connectivity index (χ0) is 20.4. The minimum atomic E-state index is -0.837. The van der Waals surface area contributed by atoms with Crippen LogP contribution in [-0.4, -0.2) is 39.1 Å². The van der Waals surface area contributed by atoms with Gasteiger partial charge < -0.3 is 9.64 Å². The highest BCUT2D eigenvalue weighted by atomic mass is 35.5. The van der Waals surface area contributed by atoms with Gasteiger partial charge in [0, 0.05) is 19.8 Å². The predicted molar refractivity (Wildman–Crippen MR) is 108 cm³/mol. The molecule has 0 aromatic heterocycles. The number of ether oxygens (including phenoxy) is 1. The molecular formula is C20H18ClN3O4. The van der Waals surface area contributed by atoms with Crippen LogP contribution in [0, 0.1) is 0 Å². The summed E-state index contributed by atoms with van der Waals surface area (Å²) in [7, 11) is 5.28. The number of benzene rings is 2. The first-order valence-electron chi connectivity index (χ1n) is 8.34. The van der Waals surface area contributed by atoms with Gasteiger partial charge in [0.15, 0.2) is 0 Å². The molecule has 0 aliphatic carbocycles. The van der Waals surface area contributed by atoms with Gasteiger partial charge in [-0.1, -0.05) is 23.7 Å². The second-order valence-corrected chi connectivity index (χ2v) is 6.67. The third kappa shape index (κ3) is 3.70. The van der Waals surface area contributed by atoms with E-state index in [9.17, 15) is 14.4 Å². The van der Waals surface area contributed by atoms with Gasteiger partial charge >= 0.3 is 6.03 Å². The Kier molecular flexibility index (Phi) is 5.37. The minimum absolute atomic E-state index is 0.149. The number of nitrogens with one attached hydrogen (secondary N) is 1. The molecule has 7 nitrogen and oxygen atoms in total.